The number of nitrogens with zero attached hydrogens (tertiary/aromatic N) is 1. The Kier molecular flexibility index (Phi) is 6.73. The van der Waals surface area contributed by atoms with Crippen LogP contribution in [0.1, 0.15) is 38.2 Å². The number of hydrogen-bond donors (Lipinski definition) is 2. The predicted molar refractivity (Wildman–Crippen MR) is 152 cm³/mol. The van der Waals surface area contributed by atoms with Crippen LogP contribution >= 0.6 is 0 Å². The Balaban J connectivity index is 1.41. The molecule has 0 amide bonds. The molecule has 6 fully saturated rings. The highest BCUT2D eigenvalue weighted by Gasteiger charge is 2.87. The van der Waals surface area contributed by atoms with Crippen molar-refractivity contribution >= 4 is 12.0 Å². The third-order valence-electron chi connectivity index (χ3n) is 12.6. The van der Waals surface area contributed by atoms with Gasteiger partial charge >= 0.3 is 5.97 Å². The smallest absolute Gasteiger partial charge is 0.331 e. The molecule has 8 heteroatoms. The van der Waals surface area contributed by atoms with Gasteiger partial charge in [-0.3, -0.25) is 4.90 Å². The SMILES string of the molecule is CCN1C[C@]2(COC)CC[C@H](O)[C@]34C1[C@H]([C@H](OC)[C@H]23)[C@@]1(OC(=O)/C=C/c2ccccc2)C[C@H](OC)[C@H]2C[C@@H]4[C@@H]1[C@H]2O. The van der Waals surface area contributed by atoms with E-state index in [9.17, 15) is 15.0 Å². The molecule has 6 aliphatic rings. The van der Waals surface area contributed by atoms with E-state index in [0.717, 1.165) is 31.5 Å². The summed E-state index contributed by atoms with van der Waals surface area (Å²) in [6.07, 6.45) is 4.44. The minimum absolute atomic E-state index is 0.0270. The van der Waals surface area contributed by atoms with Crippen LogP contribution in [0.25, 0.3) is 6.08 Å². The monoisotopic (exact) mass is 567 g/mol. The number of carbonyl (C=O) groups excluding carboxylic acids is 1. The largest absolute Gasteiger partial charge is 0.455 e. The summed E-state index contributed by atoms with van der Waals surface area (Å²) in [4.78, 5) is 16.3. The average molecular weight is 568 g/mol. The highest BCUT2D eigenvalue weighted by molar-refractivity contribution is 5.87. The second-order valence-electron chi connectivity index (χ2n) is 13.7. The number of fused-ring (bicyclic) bond motifs is 2. The van der Waals surface area contributed by atoms with Crippen LogP contribution in [0.3, 0.4) is 0 Å². The number of esters is 1. The van der Waals surface area contributed by atoms with Crippen molar-refractivity contribution in [3.8, 4) is 0 Å². The van der Waals surface area contributed by atoms with Crippen molar-refractivity contribution in [2.45, 2.75) is 68.7 Å². The van der Waals surface area contributed by atoms with Crippen LogP contribution in [-0.4, -0.2) is 98.2 Å². The quantitative estimate of drug-likeness (QED) is 0.366. The molecule has 7 bridgehead atoms. The lowest BCUT2D eigenvalue weighted by atomic mass is 9.43. The summed E-state index contributed by atoms with van der Waals surface area (Å²) in [5.41, 5.74) is -0.727. The van der Waals surface area contributed by atoms with E-state index >= 15 is 0 Å². The fraction of sp³-hybridized carbons (Fsp3) is 0.727. The molecule has 5 aliphatic carbocycles. The van der Waals surface area contributed by atoms with Crippen molar-refractivity contribution < 1.29 is 34.0 Å². The minimum Gasteiger partial charge on any atom is -0.455 e. The Morgan fingerprint density at radius 1 is 1.12 bits per heavy atom. The molecule has 41 heavy (non-hydrogen) atoms. The van der Waals surface area contributed by atoms with Gasteiger partial charge in [0.15, 0.2) is 0 Å². The van der Waals surface area contributed by atoms with Crippen molar-refractivity contribution in [1.29, 1.82) is 0 Å². The van der Waals surface area contributed by atoms with Crippen LogP contribution in [0.4, 0.5) is 0 Å². The predicted octanol–water partition coefficient (Wildman–Crippen LogP) is 2.77. The molecule has 1 aromatic carbocycles. The molecule has 7 rings (SSSR count). The normalized spacial score (nSPS) is 49.4. The van der Waals surface area contributed by atoms with E-state index in [-0.39, 0.29) is 53.3 Å². The fourth-order valence-corrected chi connectivity index (χ4v) is 11.8. The first-order chi connectivity index (χ1) is 19.8. The number of methoxy groups -OCH3 is 3. The molecule has 1 unspecified atom stereocenters. The van der Waals surface area contributed by atoms with Gasteiger partial charge in [0.25, 0.3) is 0 Å². The van der Waals surface area contributed by atoms with Crippen LogP contribution in [0.2, 0.25) is 0 Å². The Bertz CT molecular complexity index is 1190. The summed E-state index contributed by atoms with van der Waals surface area (Å²) in [6.45, 7) is 4.47. The molecule has 1 saturated heterocycles. The van der Waals surface area contributed by atoms with E-state index in [2.05, 4.69) is 11.8 Å². The number of aliphatic hydroxyl groups is 2. The molecular formula is C33H45NO7. The van der Waals surface area contributed by atoms with Gasteiger partial charge in [0.1, 0.15) is 5.60 Å². The van der Waals surface area contributed by atoms with E-state index in [1.165, 1.54) is 6.08 Å². The van der Waals surface area contributed by atoms with Crippen LogP contribution in [0.15, 0.2) is 36.4 Å². The first-order valence-electron chi connectivity index (χ1n) is 15.4. The number of aliphatic hydroxyl groups excluding tert-OH is 2. The van der Waals surface area contributed by atoms with Crippen molar-refractivity contribution in [3.63, 3.8) is 0 Å². The van der Waals surface area contributed by atoms with Crippen molar-refractivity contribution in [2.24, 2.45) is 40.4 Å². The molecular weight excluding hydrogens is 522 g/mol. The van der Waals surface area contributed by atoms with Gasteiger partial charge in [0.05, 0.1) is 31.0 Å². The molecule has 2 N–H and O–H groups in total. The molecule has 1 spiro atoms. The van der Waals surface area contributed by atoms with Gasteiger partial charge in [0.2, 0.25) is 0 Å². The number of carbonyl (C=O) groups is 1. The molecule has 0 aromatic heterocycles. The molecule has 1 heterocycles. The van der Waals surface area contributed by atoms with E-state index in [4.69, 9.17) is 18.9 Å². The zero-order valence-electron chi connectivity index (χ0n) is 24.6. The third-order valence-corrected chi connectivity index (χ3v) is 12.6. The zero-order chi connectivity index (χ0) is 28.7. The summed E-state index contributed by atoms with van der Waals surface area (Å²) < 4.78 is 25.3. The number of hydrogen-bond acceptors (Lipinski definition) is 8. The first kappa shape index (κ1) is 28.0. The van der Waals surface area contributed by atoms with Crippen molar-refractivity contribution in [3.05, 3.63) is 42.0 Å². The highest BCUT2D eigenvalue weighted by atomic mass is 16.6. The Morgan fingerprint density at radius 2 is 1.90 bits per heavy atom. The Morgan fingerprint density at radius 3 is 2.59 bits per heavy atom. The van der Waals surface area contributed by atoms with Gasteiger partial charge in [-0.05, 0) is 43.4 Å². The molecule has 8 nitrogen and oxygen atoms in total. The third kappa shape index (κ3) is 3.46. The van der Waals surface area contributed by atoms with Crippen LogP contribution in [0, 0.1) is 40.4 Å². The van der Waals surface area contributed by atoms with Crippen molar-refractivity contribution in [2.75, 3.05) is 41.0 Å². The molecule has 1 aromatic rings. The van der Waals surface area contributed by atoms with Gasteiger partial charge in [-0.2, -0.15) is 0 Å². The van der Waals surface area contributed by atoms with Gasteiger partial charge in [-0.15, -0.1) is 0 Å². The van der Waals surface area contributed by atoms with E-state index < -0.39 is 29.2 Å². The first-order valence-corrected chi connectivity index (χ1v) is 15.4. The van der Waals surface area contributed by atoms with E-state index in [0.29, 0.717) is 19.4 Å². The topological polar surface area (TPSA) is 97.7 Å². The molecule has 5 saturated carbocycles. The fourth-order valence-electron chi connectivity index (χ4n) is 11.8. The lowest BCUT2D eigenvalue weighted by Gasteiger charge is -2.69. The Hall–Kier alpha value is -1.81. The number of rotatable bonds is 8. The molecule has 13 atom stereocenters. The Labute approximate surface area is 243 Å². The number of benzene rings is 1. The highest BCUT2D eigenvalue weighted by Crippen LogP contribution is 2.79. The summed E-state index contributed by atoms with van der Waals surface area (Å²) in [5, 5.41) is 24.2. The number of likely N-dealkylation sites (tertiary alicyclic amines) is 1. The maximum atomic E-state index is 13.8. The van der Waals surface area contributed by atoms with Crippen LogP contribution in [0.5, 0.6) is 0 Å². The molecule has 0 radical (unpaired) electrons. The summed E-state index contributed by atoms with van der Waals surface area (Å²) in [5.74, 6) is -0.962. The maximum Gasteiger partial charge on any atom is 0.331 e. The van der Waals surface area contributed by atoms with Gasteiger partial charge < -0.3 is 29.2 Å². The second kappa shape index (κ2) is 9.86. The zero-order valence-corrected chi connectivity index (χ0v) is 24.6. The number of piperidine rings is 1. The van der Waals surface area contributed by atoms with Gasteiger partial charge in [-0.1, -0.05) is 37.3 Å². The molecule has 1 aliphatic heterocycles. The number of ether oxygens (including phenoxy) is 4. The van der Waals surface area contributed by atoms with Gasteiger partial charge in [-0.25, -0.2) is 4.79 Å². The van der Waals surface area contributed by atoms with E-state index in [1.807, 2.05) is 30.3 Å². The summed E-state index contributed by atoms with van der Waals surface area (Å²) in [6, 6.07) is 9.69. The summed E-state index contributed by atoms with van der Waals surface area (Å²) in [7, 11) is 5.24. The van der Waals surface area contributed by atoms with Crippen LogP contribution < -0.4 is 0 Å². The maximum absolute atomic E-state index is 13.8. The van der Waals surface area contributed by atoms with Crippen LogP contribution in [-0.2, 0) is 23.7 Å². The second-order valence-corrected chi connectivity index (χ2v) is 13.7. The lowest BCUT2D eigenvalue weighted by molar-refractivity contribution is -0.276. The average Bonchev–Trinajstić information content (AvgIpc) is 3.38. The standard InChI is InChI=1S/C33H45NO7/c1-5-34-17-31(18-38-2)14-13-23(35)33-21-15-20-22(39-3)16-32(25(21)27(20)37,26(30(33)34)28(40-4)29(31)33)41-24(36)12-11-19-9-7-6-8-10-19/h6-12,20-23,25-30,35,37H,5,13-18H2,1-4H3/b12-11+/t20-,21-,22+,23+,25-,26+,27+,28+,29-,30?,31+,32-,33+/m1/s1. The summed E-state index contributed by atoms with van der Waals surface area (Å²) >= 11 is 0. The molecule has 224 valence electrons. The van der Waals surface area contributed by atoms with Gasteiger partial charge in [0, 0.05) is 80.9 Å². The van der Waals surface area contributed by atoms with Crippen molar-refractivity contribution in [1.82, 2.24) is 4.90 Å². The lowest BCUT2D eigenvalue weighted by Crippen LogP contribution is -2.76. The van der Waals surface area contributed by atoms with E-state index in [1.54, 1.807) is 27.4 Å². The minimum atomic E-state index is -0.986.